The van der Waals surface area contributed by atoms with Crippen LogP contribution in [-0.2, 0) is 23.2 Å². The largest absolute Gasteiger partial charge is 0.451 e. The molecule has 0 bridgehead atoms. The fourth-order valence-corrected chi connectivity index (χ4v) is 4.60. The molecule has 3 heterocycles. The van der Waals surface area contributed by atoms with Crippen molar-refractivity contribution in [3.8, 4) is 0 Å². The van der Waals surface area contributed by atoms with Gasteiger partial charge in [-0.05, 0) is 36.7 Å². The lowest BCUT2D eigenvalue weighted by atomic mass is 10.4. The Bertz CT molecular complexity index is 859. The Morgan fingerprint density at radius 1 is 1.16 bits per heavy atom. The Hall–Kier alpha value is -1.66. The summed E-state index contributed by atoms with van der Waals surface area (Å²) in [5.41, 5.74) is 0. The molecule has 0 aliphatic carbocycles. The van der Waals surface area contributed by atoms with E-state index in [0.29, 0.717) is 18.1 Å². The summed E-state index contributed by atoms with van der Waals surface area (Å²) >= 11 is 0.873. The zero-order valence-electron chi connectivity index (χ0n) is 13.1. The molecule has 1 saturated heterocycles. The SMILES string of the molecule is Cn1c(Sc2ccc(S(=O)(=O)N3CCCC3)cn2)nnc1C(F)(F)F. The standard InChI is InChI=1S/C13H14F3N5O2S2/c1-20-11(13(14,15)16)18-19-12(20)24-10-5-4-9(8-17-10)25(22,23)21-6-2-3-7-21/h4-5,8H,2-3,6-7H2,1H3. The average Bonchev–Trinajstić information content (AvgIpc) is 3.18. The van der Waals surface area contributed by atoms with Crippen molar-refractivity contribution in [1.82, 2.24) is 24.1 Å². The Labute approximate surface area is 146 Å². The van der Waals surface area contributed by atoms with Crippen LogP contribution in [0.5, 0.6) is 0 Å². The number of sulfonamides is 1. The molecular formula is C13H14F3N5O2S2. The number of hydrogen-bond acceptors (Lipinski definition) is 6. The van der Waals surface area contributed by atoms with Gasteiger partial charge in [0.1, 0.15) is 9.92 Å². The summed E-state index contributed by atoms with van der Waals surface area (Å²) in [6.07, 6.45) is -1.73. The van der Waals surface area contributed by atoms with E-state index >= 15 is 0 Å². The van der Waals surface area contributed by atoms with Crippen molar-refractivity contribution in [2.45, 2.75) is 34.1 Å². The highest BCUT2D eigenvalue weighted by atomic mass is 32.2. The lowest BCUT2D eigenvalue weighted by Crippen LogP contribution is -2.27. The normalized spacial score (nSPS) is 16.5. The van der Waals surface area contributed by atoms with Crippen LogP contribution in [-0.4, -0.2) is 45.6 Å². The van der Waals surface area contributed by atoms with Crippen LogP contribution in [0.3, 0.4) is 0 Å². The molecule has 7 nitrogen and oxygen atoms in total. The number of nitrogens with zero attached hydrogens (tertiary/aromatic N) is 5. The van der Waals surface area contributed by atoms with Crippen LogP contribution in [0.15, 0.2) is 33.4 Å². The van der Waals surface area contributed by atoms with Crippen LogP contribution in [0.25, 0.3) is 0 Å². The summed E-state index contributed by atoms with van der Waals surface area (Å²) in [6.45, 7) is 0.968. The van der Waals surface area contributed by atoms with Gasteiger partial charge in [0, 0.05) is 26.3 Å². The molecule has 1 fully saturated rings. The molecule has 0 amide bonds. The van der Waals surface area contributed by atoms with Crippen molar-refractivity contribution in [2.75, 3.05) is 13.1 Å². The molecule has 0 aromatic carbocycles. The van der Waals surface area contributed by atoms with E-state index in [-0.39, 0.29) is 10.1 Å². The van der Waals surface area contributed by atoms with E-state index in [9.17, 15) is 21.6 Å². The second kappa shape index (κ2) is 6.57. The van der Waals surface area contributed by atoms with Gasteiger partial charge >= 0.3 is 6.18 Å². The molecule has 25 heavy (non-hydrogen) atoms. The van der Waals surface area contributed by atoms with E-state index in [1.54, 1.807) is 0 Å². The third-order valence-electron chi connectivity index (χ3n) is 3.70. The first-order chi connectivity index (χ1) is 11.7. The monoisotopic (exact) mass is 393 g/mol. The predicted octanol–water partition coefficient (Wildman–Crippen LogP) is 2.16. The molecule has 12 heteroatoms. The number of pyridine rings is 1. The molecule has 2 aromatic heterocycles. The molecule has 3 rings (SSSR count). The van der Waals surface area contributed by atoms with Gasteiger partial charge in [-0.25, -0.2) is 13.4 Å². The first-order valence-electron chi connectivity index (χ1n) is 7.30. The van der Waals surface area contributed by atoms with Crippen molar-refractivity contribution in [2.24, 2.45) is 7.05 Å². The van der Waals surface area contributed by atoms with Gasteiger partial charge in [-0.15, -0.1) is 10.2 Å². The molecule has 0 N–H and O–H groups in total. The maximum Gasteiger partial charge on any atom is 0.451 e. The summed E-state index contributed by atoms with van der Waals surface area (Å²) < 4.78 is 65.2. The number of hydrogen-bond donors (Lipinski definition) is 0. The highest BCUT2D eigenvalue weighted by Gasteiger charge is 2.37. The maximum atomic E-state index is 12.7. The van der Waals surface area contributed by atoms with Gasteiger partial charge in [0.05, 0.1) is 0 Å². The zero-order chi connectivity index (χ0) is 18.2. The summed E-state index contributed by atoms with van der Waals surface area (Å²) in [6, 6.07) is 2.83. The zero-order valence-corrected chi connectivity index (χ0v) is 14.7. The van der Waals surface area contributed by atoms with Crippen molar-refractivity contribution >= 4 is 21.8 Å². The molecule has 1 aliphatic heterocycles. The molecule has 0 unspecified atom stereocenters. The summed E-state index contributed by atoms with van der Waals surface area (Å²) in [5, 5.41) is 6.96. The smallest absolute Gasteiger partial charge is 0.301 e. The van der Waals surface area contributed by atoms with Gasteiger partial charge in [-0.2, -0.15) is 17.5 Å². The van der Waals surface area contributed by atoms with Gasteiger partial charge in [-0.3, -0.25) is 0 Å². The summed E-state index contributed by atoms with van der Waals surface area (Å²) in [5.74, 6) is -1.11. The number of halogens is 3. The van der Waals surface area contributed by atoms with Gasteiger partial charge in [-0.1, -0.05) is 0 Å². The fourth-order valence-electron chi connectivity index (χ4n) is 2.40. The van der Waals surface area contributed by atoms with E-state index in [1.807, 2.05) is 0 Å². The molecule has 0 saturated carbocycles. The Morgan fingerprint density at radius 2 is 1.84 bits per heavy atom. The maximum absolute atomic E-state index is 12.7. The Morgan fingerprint density at radius 3 is 2.36 bits per heavy atom. The van der Waals surface area contributed by atoms with E-state index < -0.39 is 22.0 Å². The van der Waals surface area contributed by atoms with Gasteiger partial charge < -0.3 is 4.57 Å². The van der Waals surface area contributed by atoms with Crippen LogP contribution in [0.4, 0.5) is 13.2 Å². The van der Waals surface area contributed by atoms with Crippen LogP contribution in [0, 0.1) is 0 Å². The third kappa shape index (κ3) is 3.65. The second-order valence-electron chi connectivity index (χ2n) is 5.41. The third-order valence-corrected chi connectivity index (χ3v) is 6.57. The Kier molecular flexibility index (Phi) is 4.77. The van der Waals surface area contributed by atoms with Gasteiger partial charge in [0.25, 0.3) is 0 Å². The molecule has 1 aliphatic rings. The van der Waals surface area contributed by atoms with Crippen molar-refractivity contribution in [1.29, 1.82) is 0 Å². The minimum absolute atomic E-state index is 0.00924. The highest BCUT2D eigenvalue weighted by Crippen LogP contribution is 2.32. The average molecular weight is 393 g/mol. The number of alkyl halides is 3. The van der Waals surface area contributed by atoms with Crippen molar-refractivity contribution < 1.29 is 21.6 Å². The molecule has 136 valence electrons. The Balaban J connectivity index is 1.79. The minimum atomic E-state index is -4.60. The summed E-state index contributed by atoms with van der Waals surface area (Å²) in [4.78, 5) is 4.08. The predicted molar refractivity (Wildman–Crippen MR) is 82.4 cm³/mol. The number of aromatic nitrogens is 4. The molecule has 0 spiro atoms. The molecule has 0 radical (unpaired) electrons. The van der Waals surface area contributed by atoms with Crippen LogP contribution >= 0.6 is 11.8 Å². The first kappa shape index (κ1) is 18.1. The van der Waals surface area contributed by atoms with Crippen LogP contribution < -0.4 is 0 Å². The van der Waals surface area contributed by atoms with Gasteiger partial charge in [0.2, 0.25) is 15.8 Å². The van der Waals surface area contributed by atoms with Crippen molar-refractivity contribution in [3.63, 3.8) is 0 Å². The molecule has 0 atom stereocenters. The molecule has 2 aromatic rings. The van der Waals surface area contributed by atoms with Crippen LogP contribution in [0.1, 0.15) is 18.7 Å². The van der Waals surface area contributed by atoms with E-state index in [2.05, 4.69) is 15.2 Å². The van der Waals surface area contributed by atoms with E-state index in [1.165, 1.54) is 29.7 Å². The molecular weight excluding hydrogens is 379 g/mol. The lowest BCUT2D eigenvalue weighted by molar-refractivity contribution is -0.147. The van der Waals surface area contributed by atoms with Crippen molar-refractivity contribution in [3.05, 3.63) is 24.2 Å². The first-order valence-corrected chi connectivity index (χ1v) is 9.56. The van der Waals surface area contributed by atoms with Gasteiger partial charge in [0.15, 0.2) is 5.16 Å². The lowest BCUT2D eigenvalue weighted by Gasteiger charge is -2.15. The quantitative estimate of drug-likeness (QED) is 0.792. The second-order valence-corrected chi connectivity index (χ2v) is 8.33. The topological polar surface area (TPSA) is 81.0 Å². The number of rotatable bonds is 4. The highest BCUT2D eigenvalue weighted by molar-refractivity contribution is 7.99. The minimum Gasteiger partial charge on any atom is -0.301 e. The summed E-state index contributed by atoms with van der Waals surface area (Å²) in [7, 11) is -2.37. The van der Waals surface area contributed by atoms with E-state index in [4.69, 9.17) is 0 Å². The van der Waals surface area contributed by atoms with E-state index in [0.717, 1.165) is 29.2 Å². The fraction of sp³-hybridized carbons (Fsp3) is 0.462. The van der Waals surface area contributed by atoms with Crippen LogP contribution in [0.2, 0.25) is 0 Å².